The topological polar surface area (TPSA) is 148 Å². The first-order chi connectivity index (χ1) is 14.5. The van der Waals surface area contributed by atoms with Gasteiger partial charge in [-0.2, -0.15) is 0 Å². The van der Waals surface area contributed by atoms with Gasteiger partial charge in [-0.1, -0.05) is 6.07 Å². The molecule has 0 radical (unpaired) electrons. The number of methoxy groups -OCH3 is 1. The number of nitrogens with zero attached hydrogens (tertiary/aromatic N) is 1. The predicted octanol–water partition coefficient (Wildman–Crippen LogP) is 1.06. The zero-order chi connectivity index (χ0) is 23.0. The number of hydrogen-bond donors (Lipinski definition) is 3. The highest BCUT2D eigenvalue weighted by molar-refractivity contribution is 7.89. The summed E-state index contributed by atoms with van der Waals surface area (Å²) in [6, 6.07) is 9.62. The molecule has 1 aliphatic rings. The monoisotopic (exact) mass is 446 g/mol. The second kappa shape index (κ2) is 8.00. The fraction of sp³-hybridized carbons (Fsp3) is 0.250. The number of carbonyl (C=O) groups is 3. The number of benzene rings is 2. The normalized spacial score (nSPS) is 18.6. The van der Waals surface area contributed by atoms with Gasteiger partial charge in [0.2, 0.25) is 15.9 Å². The van der Waals surface area contributed by atoms with Gasteiger partial charge < -0.3 is 15.4 Å². The number of rotatable bonds is 6. The number of amides is 4. The summed E-state index contributed by atoms with van der Waals surface area (Å²) in [7, 11) is -2.32. The Hall–Kier alpha value is -3.44. The second-order valence-electron chi connectivity index (χ2n) is 7.25. The van der Waals surface area contributed by atoms with Crippen molar-refractivity contribution in [3.63, 3.8) is 0 Å². The van der Waals surface area contributed by atoms with Crippen LogP contribution in [0.4, 0.5) is 10.5 Å². The first-order valence-corrected chi connectivity index (χ1v) is 10.7. The summed E-state index contributed by atoms with van der Waals surface area (Å²) in [6.07, 6.45) is 0. The van der Waals surface area contributed by atoms with E-state index in [1.807, 2.05) is 6.92 Å². The maximum atomic E-state index is 13.0. The fourth-order valence-corrected chi connectivity index (χ4v) is 3.81. The maximum absolute atomic E-state index is 13.0. The lowest BCUT2D eigenvalue weighted by molar-refractivity contribution is -0.133. The standard InChI is InChI=1S/C20H22N4O6S/c1-12-10-13(4-9-16(12)30-3)20(2)18(26)24(19(27)23-20)11-17(25)22-14-5-7-15(8-6-14)31(21,28)29/h4-10H,11H2,1-3H3,(H,22,25)(H,23,27)(H2,21,28,29). The molecule has 0 bridgehead atoms. The summed E-state index contributed by atoms with van der Waals surface area (Å²) in [4.78, 5) is 38.5. The van der Waals surface area contributed by atoms with Crippen molar-refractivity contribution in [3.8, 4) is 5.75 Å². The molecule has 0 aromatic heterocycles. The third kappa shape index (κ3) is 4.37. The lowest BCUT2D eigenvalue weighted by atomic mass is 9.90. The number of aryl methyl sites for hydroxylation is 1. The number of primary sulfonamides is 1. The van der Waals surface area contributed by atoms with Crippen LogP contribution < -0.4 is 20.5 Å². The summed E-state index contributed by atoms with van der Waals surface area (Å²) in [5.41, 5.74) is 0.317. The van der Waals surface area contributed by atoms with Crippen molar-refractivity contribution in [1.82, 2.24) is 10.2 Å². The van der Waals surface area contributed by atoms with E-state index in [0.717, 1.165) is 10.5 Å². The van der Waals surface area contributed by atoms with Gasteiger partial charge in [0, 0.05) is 5.69 Å². The Balaban J connectivity index is 1.73. The number of sulfonamides is 1. The Kier molecular flexibility index (Phi) is 5.74. The van der Waals surface area contributed by atoms with Gasteiger partial charge in [-0.25, -0.2) is 18.4 Å². The molecule has 164 valence electrons. The predicted molar refractivity (Wildman–Crippen MR) is 112 cm³/mol. The van der Waals surface area contributed by atoms with E-state index in [1.54, 1.807) is 25.1 Å². The lowest BCUT2D eigenvalue weighted by Gasteiger charge is -2.23. The molecule has 10 nitrogen and oxygen atoms in total. The highest BCUT2D eigenvalue weighted by Gasteiger charge is 2.49. The Morgan fingerprint density at radius 3 is 2.39 bits per heavy atom. The number of anilines is 1. The highest BCUT2D eigenvalue weighted by Crippen LogP contribution is 2.31. The third-order valence-electron chi connectivity index (χ3n) is 5.02. The van der Waals surface area contributed by atoms with Gasteiger partial charge in [0.1, 0.15) is 17.8 Å². The van der Waals surface area contributed by atoms with Crippen LogP contribution in [-0.4, -0.2) is 44.8 Å². The number of ether oxygens (including phenoxy) is 1. The summed E-state index contributed by atoms with van der Waals surface area (Å²) in [6.45, 7) is 2.88. The summed E-state index contributed by atoms with van der Waals surface area (Å²) in [5, 5.41) is 10.2. The van der Waals surface area contributed by atoms with Gasteiger partial charge in [0.05, 0.1) is 12.0 Å². The van der Waals surface area contributed by atoms with E-state index in [2.05, 4.69) is 10.6 Å². The smallest absolute Gasteiger partial charge is 0.325 e. The van der Waals surface area contributed by atoms with Crippen LogP contribution in [0.5, 0.6) is 5.75 Å². The molecule has 3 rings (SSSR count). The van der Waals surface area contributed by atoms with Crippen molar-refractivity contribution in [2.45, 2.75) is 24.3 Å². The Bertz CT molecular complexity index is 1160. The van der Waals surface area contributed by atoms with Crippen LogP contribution >= 0.6 is 0 Å². The van der Waals surface area contributed by atoms with Crippen LogP contribution in [0, 0.1) is 6.92 Å². The summed E-state index contributed by atoms with van der Waals surface area (Å²) >= 11 is 0. The van der Waals surface area contributed by atoms with E-state index >= 15 is 0 Å². The molecule has 1 heterocycles. The molecule has 31 heavy (non-hydrogen) atoms. The molecule has 2 aromatic rings. The zero-order valence-corrected chi connectivity index (χ0v) is 17.9. The number of hydrogen-bond acceptors (Lipinski definition) is 6. The SMILES string of the molecule is COc1ccc(C2(C)NC(=O)N(CC(=O)Nc3ccc(S(N)(=O)=O)cc3)C2=O)cc1C. The molecular formula is C20H22N4O6S. The molecule has 1 saturated heterocycles. The number of carbonyl (C=O) groups excluding carboxylic acids is 3. The van der Waals surface area contributed by atoms with Crippen LogP contribution in [-0.2, 0) is 25.2 Å². The van der Waals surface area contributed by atoms with Crippen LogP contribution in [0.2, 0.25) is 0 Å². The van der Waals surface area contributed by atoms with Crippen molar-refractivity contribution < 1.29 is 27.5 Å². The van der Waals surface area contributed by atoms with Gasteiger partial charge in [-0.3, -0.25) is 14.5 Å². The van der Waals surface area contributed by atoms with Crippen molar-refractivity contribution in [3.05, 3.63) is 53.6 Å². The molecule has 0 aliphatic carbocycles. The maximum Gasteiger partial charge on any atom is 0.325 e. The third-order valence-corrected chi connectivity index (χ3v) is 5.94. The van der Waals surface area contributed by atoms with Gasteiger partial charge in [0.15, 0.2) is 0 Å². The van der Waals surface area contributed by atoms with Gasteiger partial charge in [-0.05, 0) is 61.4 Å². The minimum absolute atomic E-state index is 0.106. The van der Waals surface area contributed by atoms with E-state index in [-0.39, 0.29) is 10.6 Å². The van der Waals surface area contributed by atoms with E-state index in [9.17, 15) is 22.8 Å². The molecule has 0 saturated carbocycles. The Labute approximate surface area is 179 Å². The minimum Gasteiger partial charge on any atom is -0.496 e. The first kappa shape index (κ1) is 22.2. The van der Waals surface area contributed by atoms with E-state index < -0.39 is 40.0 Å². The lowest BCUT2D eigenvalue weighted by Crippen LogP contribution is -2.42. The number of imide groups is 1. The second-order valence-corrected chi connectivity index (χ2v) is 8.81. The fourth-order valence-electron chi connectivity index (χ4n) is 3.30. The zero-order valence-electron chi connectivity index (χ0n) is 17.1. The molecule has 11 heteroatoms. The van der Waals surface area contributed by atoms with E-state index in [0.29, 0.717) is 11.3 Å². The largest absolute Gasteiger partial charge is 0.496 e. The Morgan fingerprint density at radius 2 is 1.84 bits per heavy atom. The van der Waals surface area contributed by atoms with Gasteiger partial charge in [0.25, 0.3) is 5.91 Å². The molecule has 1 fully saturated rings. The summed E-state index contributed by atoms with van der Waals surface area (Å²) in [5.74, 6) is -0.544. The molecular weight excluding hydrogens is 424 g/mol. The molecule has 4 amide bonds. The average Bonchev–Trinajstić information content (AvgIpc) is 2.91. The number of nitrogens with two attached hydrogens (primary N) is 1. The highest BCUT2D eigenvalue weighted by atomic mass is 32.2. The van der Waals surface area contributed by atoms with Crippen molar-refractivity contribution in [2.24, 2.45) is 5.14 Å². The molecule has 2 aromatic carbocycles. The molecule has 1 atom stereocenters. The first-order valence-electron chi connectivity index (χ1n) is 9.17. The van der Waals surface area contributed by atoms with Crippen LogP contribution in [0.3, 0.4) is 0 Å². The minimum atomic E-state index is -3.85. The molecule has 4 N–H and O–H groups in total. The molecule has 0 spiro atoms. The Morgan fingerprint density at radius 1 is 1.19 bits per heavy atom. The van der Waals surface area contributed by atoms with E-state index in [1.165, 1.54) is 31.4 Å². The van der Waals surface area contributed by atoms with Crippen LogP contribution in [0.25, 0.3) is 0 Å². The van der Waals surface area contributed by atoms with Crippen LogP contribution in [0.15, 0.2) is 47.4 Å². The van der Waals surface area contributed by atoms with Gasteiger partial charge >= 0.3 is 6.03 Å². The summed E-state index contributed by atoms with van der Waals surface area (Å²) < 4.78 is 27.8. The quantitative estimate of drug-likeness (QED) is 0.565. The molecule has 1 unspecified atom stereocenters. The van der Waals surface area contributed by atoms with Crippen LogP contribution in [0.1, 0.15) is 18.1 Å². The number of urea groups is 1. The van der Waals surface area contributed by atoms with E-state index in [4.69, 9.17) is 9.88 Å². The van der Waals surface area contributed by atoms with Crippen molar-refractivity contribution in [2.75, 3.05) is 19.0 Å². The average molecular weight is 446 g/mol. The molecule has 1 aliphatic heterocycles. The number of nitrogens with one attached hydrogen (secondary N) is 2. The van der Waals surface area contributed by atoms with Gasteiger partial charge in [-0.15, -0.1) is 0 Å². The van der Waals surface area contributed by atoms with Crippen molar-refractivity contribution in [1.29, 1.82) is 0 Å². The van der Waals surface area contributed by atoms with Crippen molar-refractivity contribution >= 4 is 33.6 Å².